The summed E-state index contributed by atoms with van der Waals surface area (Å²) in [6, 6.07) is 18.9. The van der Waals surface area contributed by atoms with Crippen LogP contribution in [-0.4, -0.2) is 34.3 Å². The average Bonchev–Trinajstić information content (AvgIpc) is 3.37. The van der Waals surface area contributed by atoms with Crippen LogP contribution in [0.4, 0.5) is 9.93 Å². The zero-order chi connectivity index (χ0) is 24.7. The smallest absolute Gasteiger partial charge is 0.319 e. The molecule has 0 radical (unpaired) electrons. The summed E-state index contributed by atoms with van der Waals surface area (Å²) in [4.78, 5) is 44.1. The maximum Gasteiger partial charge on any atom is 0.325 e. The van der Waals surface area contributed by atoms with E-state index in [9.17, 15) is 14.4 Å². The van der Waals surface area contributed by atoms with Gasteiger partial charge >= 0.3 is 6.03 Å². The quantitative estimate of drug-likeness (QED) is 0.391. The van der Waals surface area contributed by atoms with Crippen molar-refractivity contribution < 1.29 is 14.4 Å². The number of aryl methyl sites for hydroxylation is 2. The number of nitrogens with zero attached hydrogens (tertiary/aromatic N) is 2. The number of fused-ring (bicyclic) bond motifs is 1. The number of carbonyl (C=O) groups is 3. The van der Waals surface area contributed by atoms with Crippen LogP contribution in [0, 0.1) is 13.8 Å². The van der Waals surface area contributed by atoms with Crippen LogP contribution in [0.25, 0.3) is 22.0 Å². The lowest BCUT2D eigenvalue weighted by Crippen LogP contribution is -2.42. The lowest BCUT2D eigenvalue weighted by atomic mass is 9.90. The Balaban J connectivity index is 1.30. The number of thiazole rings is 1. The zero-order valence-electron chi connectivity index (χ0n) is 19.6. The van der Waals surface area contributed by atoms with Gasteiger partial charge in [0, 0.05) is 10.9 Å². The molecule has 3 aromatic carbocycles. The summed E-state index contributed by atoms with van der Waals surface area (Å²) in [6.07, 6.45) is 0. The Morgan fingerprint density at radius 1 is 1.06 bits per heavy atom. The van der Waals surface area contributed by atoms with E-state index in [2.05, 4.69) is 21.7 Å². The van der Waals surface area contributed by atoms with Gasteiger partial charge in [-0.1, -0.05) is 60.2 Å². The van der Waals surface area contributed by atoms with E-state index in [1.807, 2.05) is 73.8 Å². The number of urea groups is 1. The molecule has 1 aromatic heterocycles. The molecule has 1 fully saturated rings. The number of aromatic nitrogens is 1. The number of amides is 4. The van der Waals surface area contributed by atoms with Gasteiger partial charge in [-0.25, -0.2) is 9.78 Å². The first-order valence-corrected chi connectivity index (χ1v) is 12.1. The molecule has 8 heteroatoms. The van der Waals surface area contributed by atoms with Gasteiger partial charge in [-0.15, -0.1) is 11.3 Å². The summed E-state index contributed by atoms with van der Waals surface area (Å²) in [5.74, 6) is -0.958. The van der Waals surface area contributed by atoms with Gasteiger partial charge in [0.25, 0.3) is 5.91 Å². The molecule has 0 spiro atoms. The summed E-state index contributed by atoms with van der Waals surface area (Å²) in [5.41, 5.74) is 3.43. The third kappa shape index (κ3) is 4.17. The predicted octanol–water partition coefficient (Wildman–Crippen LogP) is 4.99. The fourth-order valence-corrected chi connectivity index (χ4v) is 5.12. The van der Waals surface area contributed by atoms with Gasteiger partial charge in [-0.3, -0.25) is 14.5 Å². The third-order valence-electron chi connectivity index (χ3n) is 6.31. The highest BCUT2D eigenvalue weighted by Gasteiger charge is 2.49. The molecule has 0 saturated carbocycles. The Kier molecular flexibility index (Phi) is 5.61. The molecule has 176 valence electrons. The molecule has 1 saturated heterocycles. The highest BCUT2D eigenvalue weighted by molar-refractivity contribution is 7.14. The monoisotopic (exact) mass is 484 g/mol. The van der Waals surface area contributed by atoms with Gasteiger partial charge in [0.2, 0.25) is 5.91 Å². The Morgan fingerprint density at radius 3 is 2.60 bits per heavy atom. The number of anilines is 1. The summed E-state index contributed by atoms with van der Waals surface area (Å²) in [5, 5.41) is 9.77. The van der Waals surface area contributed by atoms with Crippen LogP contribution in [0.2, 0.25) is 0 Å². The largest absolute Gasteiger partial charge is 0.325 e. The minimum absolute atomic E-state index is 0.397. The lowest BCUT2D eigenvalue weighted by Gasteiger charge is -2.22. The van der Waals surface area contributed by atoms with Crippen LogP contribution >= 0.6 is 11.3 Å². The second-order valence-electron chi connectivity index (χ2n) is 8.91. The molecule has 1 aliphatic heterocycles. The van der Waals surface area contributed by atoms with Crippen molar-refractivity contribution in [2.75, 3.05) is 11.9 Å². The molecule has 5 rings (SSSR count). The first-order valence-electron chi connectivity index (χ1n) is 11.2. The average molecular weight is 485 g/mol. The highest BCUT2D eigenvalue weighted by atomic mass is 32.1. The molecule has 1 aliphatic rings. The molecule has 2 N–H and O–H groups in total. The highest BCUT2D eigenvalue weighted by Crippen LogP contribution is 2.31. The first-order chi connectivity index (χ1) is 16.7. The van der Waals surface area contributed by atoms with Crippen molar-refractivity contribution in [3.8, 4) is 11.3 Å². The standard InChI is InChI=1S/C27H24N4O3S/c1-16-8-11-21(17(2)12-16)22-15-35-25(28-22)29-23(32)14-31-24(33)27(3,30-26(31)34)20-10-9-18-6-4-5-7-19(18)13-20/h4-13,15H,14H2,1-3H3,(H,30,34)(H,28,29,32). The van der Waals surface area contributed by atoms with Crippen LogP contribution in [-0.2, 0) is 15.1 Å². The van der Waals surface area contributed by atoms with Crippen molar-refractivity contribution in [1.29, 1.82) is 0 Å². The van der Waals surface area contributed by atoms with Crippen molar-refractivity contribution in [2.24, 2.45) is 0 Å². The number of rotatable bonds is 5. The van der Waals surface area contributed by atoms with Crippen LogP contribution in [0.3, 0.4) is 0 Å². The second-order valence-corrected chi connectivity index (χ2v) is 9.77. The lowest BCUT2D eigenvalue weighted by molar-refractivity contribution is -0.133. The Labute approximate surface area is 206 Å². The number of nitrogens with one attached hydrogen (secondary N) is 2. The molecule has 4 amide bonds. The normalized spacial score (nSPS) is 17.6. The molecule has 0 bridgehead atoms. The maximum absolute atomic E-state index is 13.3. The molecular weight excluding hydrogens is 460 g/mol. The Hall–Kier alpha value is -4.04. The van der Waals surface area contributed by atoms with Crippen molar-refractivity contribution in [3.05, 3.63) is 82.7 Å². The van der Waals surface area contributed by atoms with E-state index < -0.39 is 29.9 Å². The molecule has 2 heterocycles. The first kappa shape index (κ1) is 22.7. The molecule has 4 aromatic rings. The third-order valence-corrected chi connectivity index (χ3v) is 7.07. The van der Waals surface area contributed by atoms with E-state index in [1.54, 1.807) is 6.92 Å². The van der Waals surface area contributed by atoms with Gasteiger partial charge in [0.05, 0.1) is 5.69 Å². The van der Waals surface area contributed by atoms with Crippen LogP contribution in [0.5, 0.6) is 0 Å². The molecule has 1 unspecified atom stereocenters. The van der Waals surface area contributed by atoms with Crippen LogP contribution in [0.15, 0.2) is 66.0 Å². The summed E-state index contributed by atoms with van der Waals surface area (Å²) >= 11 is 1.30. The summed E-state index contributed by atoms with van der Waals surface area (Å²) in [6.45, 7) is 5.31. The van der Waals surface area contributed by atoms with Crippen molar-refractivity contribution in [3.63, 3.8) is 0 Å². The number of carbonyl (C=O) groups excluding carboxylic acids is 3. The van der Waals surface area contributed by atoms with Crippen molar-refractivity contribution >= 4 is 45.1 Å². The predicted molar refractivity (Wildman–Crippen MR) is 137 cm³/mol. The van der Waals surface area contributed by atoms with E-state index in [1.165, 1.54) is 16.9 Å². The van der Waals surface area contributed by atoms with Gasteiger partial charge in [0.1, 0.15) is 12.1 Å². The van der Waals surface area contributed by atoms with E-state index in [0.717, 1.165) is 32.5 Å². The van der Waals surface area contributed by atoms with Gasteiger partial charge in [-0.05, 0) is 48.7 Å². The van der Waals surface area contributed by atoms with Crippen molar-refractivity contribution in [2.45, 2.75) is 26.3 Å². The topological polar surface area (TPSA) is 91.4 Å². The molecule has 35 heavy (non-hydrogen) atoms. The molecule has 1 atom stereocenters. The van der Waals surface area contributed by atoms with Gasteiger partial charge in [-0.2, -0.15) is 0 Å². The minimum atomic E-state index is -1.25. The molecular formula is C27H24N4O3S. The Morgan fingerprint density at radius 2 is 1.83 bits per heavy atom. The Bertz CT molecular complexity index is 1490. The number of imide groups is 1. The second kappa shape index (κ2) is 8.63. The van der Waals surface area contributed by atoms with Gasteiger partial charge < -0.3 is 10.6 Å². The van der Waals surface area contributed by atoms with E-state index in [-0.39, 0.29) is 0 Å². The SMILES string of the molecule is Cc1ccc(-c2csc(NC(=O)CN3C(=O)NC(C)(c4ccc5ccccc5c4)C3=O)n2)c(C)c1. The van der Waals surface area contributed by atoms with Crippen LogP contribution in [0.1, 0.15) is 23.6 Å². The molecule has 7 nitrogen and oxygen atoms in total. The number of benzene rings is 3. The van der Waals surface area contributed by atoms with Crippen molar-refractivity contribution in [1.82, 2.24) is 15.2 Å². The minimum Gasteiger partial charge on any atom is -0.319 e. The summed E-state index contributed by atoms with van der Waals surface area (Å²) in [7, 11) is 0. The van der Waals surface area contributed by atoms with E-state index in [0.29, 0.717) is 10.7 Å². The maximum atomic E-state index is 13.3. The number of hydrogen-bond donors (Lipinski definition) is 2. The number of hydrogen-bond acceptors (Lipinski definition) is 5. The summed E-state index contributed by atoms with van der Waals surface area (Å²) < 4.78 is 0. The van der Waals surface area contributed by atoms with Gasteiger partial charge in [0.15, 0.2) is 5.13 Å². The zero-order valence-corrected chi connectivity index (χ0v) is 20.4. The molecule has 0 aliphatic carbocycles. The fourth-order valence-electron chi connectivity index (χ4n) is 4.39. The van der Waals surface area contributed by atoms with E-state index in [4.69, 9.17) is 0 Å². The van der Waals surface area contributed by atoms with Crippen LogP contribution < -0.4 is 10.6 Å². The van der Waals surface area contributed by atoms with E-state index >= 15 is 0 Å². The fraction of sp³-hybridized carbons (Fsp3) is 0.185.